The second-order valence-electron chi connectivity index (χ2n) is 5.19. The van der Waals surface area contributed by atoms with Crippen molar-refractivity contribution in [1.82, 2.24) is 15.3 Å². The second kappa shape index (κ2) is 7.74. The summed E-state index contributed by atoms with van der Waals surface area (Å²) >= 11 is 0. The first-order valence-corrected chi connectivity index (χ1v) is 7.37. The molecule has 21 heavy (non-hydrogen) atoms. The third-order valence-electron chi connectivity index (χ3n) is 3.39. The minimum Gasteiger partial charge on any atom is -0.481 e. The van der Waals surface area contributed by atoms with E-state index in [-0.39, 0.29) is 6.04 Å². The Morgan fingerprint density at radius 3 is 2.81 bits per heavy atom. The number of methoxy groups -OCH3 is 1. The molecule has 4 heteroatoms. The number of aryl methyl sites for hydroxylation is 1. The van der Waals surface area contributed by atoms with Crippen LogP contribution in [0.25, 0.3) is 0 Å². The number of ether oxygens (including phenoxy) is 1. The number of benzene rings is 1. The van der Waals surface area contributed by atoms with Crippen molar-refractivity contribution in [2.75, 3.05) is 13.7 Å². The van der Waals surface area contributed by atoms with E-state index in [9.17, 15) is 0 Å². The summed E-state index contributed by atoms with van der Waals surface area (Å²) in [4.78, 5) is 8.49. The molecule has 112 valence electrons. The Labute approximate surface area is 126 Å². The third-order valence-corrected chi connectivity index (χ3v) is 3.39. The first-order chi connectivity index (χ1) is 10.2. The van der Waals surface area contributed by atoms with Crippen LogP contribution in [-0.4, -0.2) is 23.6 Å². The fourth-order valence-corrected chi connectivity index (χ4v) is 2.33. The molecule has 0 spiro atoms. The van der Waals surface area contributed by atoms with Crippen molar-refractivity contribution in [1.29, 1.82) is 0 Å². The van der Waals surface area contributed by atoms with Crippen molar-refractivity contribution in [3.8, 4) is 5.88 Å². The monoisotopic (exact) mass is 285 g/mol. The topological polar surface area (TPSA) is 47.0 Å². The van der Waals surface area contributed by atoms with Crippen LogP contribution in [0.5, 0.6) is 5.88 Å². The number of hydrogen-bond acceptors (Lipinski definition) is 4. The Bertz CT molecular complexity index is 571. The summed E-state index contributed by atoms with van der Waals surface area (Å²) < 4.78 is 5.20. The SMILES string of the molecule is CCCNC(Cc1cccc(C)c1)c1cc(OC)ncn1. The molecule has 0 fully saturated rings. The summed E-state index contributed by atoms with van der Waals surface area (Å²) in [6.07, 6.45) is 3.55. The molecule has 2 rings (SSSR count). The summed E-state index contributed by atoms with van der Waals surface area (Å²) in [7, 11) is 1.63. The Morgan fingerprint density at radius 1 is 1.24 bits per heavy atom. The maximum Gasteiger partial charge on any atom is 0.216 e. The molecule has 1 heterocycles. The van der Waals surface area contributed by atoms with E-state index in [0.717, 1.165) is 25.1 Å². The Balaban J connectivity index is 2.20. The standard InChI is InChI=1S/C17H23N3O/c1-4-8-18-15(10-14-7-5-6-13(2)9-14)16-11-17(21-3)20-12-19-16/h5-7,9,11-12,15,18H,4,8,10H2,1-3H3. The molecule has 0 amide bonds. The van der Waals surface area contributed by atoms with Crippen molar-refractivity contribution in [2.24, 2.45) is 0 Å². The van der Waals surface area contributed by atoms with Gasteiger partial charge in [0.25, 0.3) is 0 Å². The Kier molecular flexibility index (Phi) is 5.69. The molecule has 1 aromatic carbocycles. The summed E-state index contributed by atoms with van der Waals surface area (Å²) in [6, 6.07) is 10.7. The highest BCUT2D eigenvalue weighted by Gasteiger charge is 2.14. The van der Waals surface area contributed by atoms with E-state index in [0.29, 0.717) is 5.88 Å². The Morgan fingerprint density at radius 2 is 2.10 bits per heavy atom. The molecule has 0 saturated carbocycles. The quantitative estimate of drug-likeness (QED) is 0.849. The molecule has 4 nitrogen and oxygen atoms in total. The van der Waals surface area contributed by atoms with E-state index in [1.807, 2.05) is 6.07 Å². The highest BCUT2D eigenvalue weighted by atomic mass is 16.5. The van der Waals surface area contributed by atoms with E-state index < -0.39 is 0 Å². The summed E-state index contributed by atoms with van der Waals surface area (Å²) in [5, 5.41) is 3.56. The van der Waals surface area contributed by atoms with Gasteiger partial charge in [0.1, 0.15) is 6.33 Å². The smallest absolute Gasteiger partial charge is 0.216 e. The molecular formula is C17H23N3O. The minimum absolute atomic E-state index is 0.170. The lowest BCUT2D eigenvalue weighted by Crippen LogP contribution is -2.25. The van der Waals surface area contributed by atoms with Crippen LogP contribution >= 0.6 is 0 Å². The van der Waals surface area contributed by atoms with E-state index in [4.69, 9.17) is 4.74 Å². The molecule has 0 radical (unpaired) electrons. The lowest BCUT2D eigenvalue weighted by molar-refractivity contribution is 0.393. The van der Waals surface area contributed by atoms with Gasteiger partial charge in [-0.25, -0.2) is 9.97 Å². The van der Waals surface area contributed by atoms with Gasteiger partial charge in [-0.3, -0.25) is 0 Å². The molecule has 0 aliphatic carbocycles. The summed E-state index contributed by atoms with van der Waals surface area (Å²) in [5.41, 5.74) is 3.56. The molecule has 1 unspecified atom stereocenters. The van der Waals surface area contributed by atoms with Gasteiger partial charge in [-0.1, -0.05) is 36.8 Å². The zero-order valence-corrected chi connectivity index (χ0v) is 13.0. The predicted octanol–water partition coefficient (Wildman–Crippen LogP) is 3.08. The van der Waals surface area contributed by atoms with Crippen LogP contribution in [0.4, 0.5) is 0 Å². The van der Waals surface area contributed by atoms with Crippen LogP contribution in [0, 0.1) is 6.92 Å². The molecule has 2 aromatic rings. The van der Waals surface area contributed by atoms with Crippen molar-refractivity contribution >= 4 is 0 Å². The van der Waals surface area contributed by atoms with Crippen LogP contribution in [-0.2, 0) is 6.42 Å². The van der Waals surface area contributed by atoms with Gasteiger partial charge in [0, 0.05) is 6.07 Å². The lowest BCUT2D eigenvalue weighted by Gasteiger charge is -2.18. The van der Waals surface area contributed by atoms with Gasteiger partial charge in [0.05, 0.1) is 18.8 Å². The normalized spacial score (nSPS) is 12.1. The molecule has 1 N–H and O–H groups in total. The second-order valence-corrected chi connectivity index (χ2v) is 5.19. The maximum absolute atomic E-state index is 5.20. The lowest BCUT2D eigenvalue weighted by atomic mass is 10.0. The minimum atomic E-state index is 0.170. The van der Waals surface area contributed by atoms with Crippen LogP contribution in [0.3, 0.4) is 0 Å². The predicted molar refractivity (Wildman–Crippen MR) is 84.5 cm³/mol. The number of hydrogen-bond donors (Lipinski definition) is 1. The molecule has 0 aliphatic heterocycles. The summed E-state index contributed by atoms with van der Waals surface area (Å²) in [5.74, 6) is 0.604. The van der Waals surface area contributed by atoms with Gasteiger partial charge in [-0.2, -0.15) is 0 Å². The zero-order chi connectivity index (χ0) is 15.1. The molecular weight excluding hydrogens is 262 g/mol. The average molecular weight is 285 g/mol. The number of aromatic nitrogens is 2. The number of nitrogens with zero attached hydrogens (tertiary/aromatic N) is 2. The highest BCUT2D eigenvalue weighted by Crippen LogP contribution is 2.19. The van der Waals surface area contributed by atoms with Gasteiger partial charge < -0.3 is 10.1 Å². The van der Waals surface area contributed by atoms with Crippen molar-refractivity contribution < 1.29 is 4.74 Å². The number of rotatable bonds is 7. The first-order valence-electron chi connectivity index (χ1n) is 7.37. The first kappa shape index (κ1) is 15.4. The molecule has 0 saturated heterocycles. The van der Waals surface area contributed by atoms with Crippen LogP contribution in [0.15, 0.2) is 36.7 Å². The van der Waals surface area contributed by atoms with Crippen LogP contribution in [0.1, 0.15) is 36.2 Å². The third kappa shape index (κ3) is 4.53. The van der Waals surface area contributed by atoms with E-state index in [1.54, 1.807) is 13.4 Å². The molecule has 0 aliphatic rings. The molecule has 1 atom stereocenters. The van der Waals surface area contributed by atoms with Crippen molar-refractivity contribution in [2.45, 2.75) is 32.7 Å². The van der Waals surface area contributed by atoms with Crippen LogP contribution in [0.2, 0.25) is 0 Å². The molecule has 0 bridgehead atoms. The van der Waals surface area contributed by atoms with Gasteiger partial charge in [-0.05, 0) is 31.9 Å². The Hall–Kier alpha value is -1.94. The van der Waals surface area contributed by atoms with Crippen molar-refractivity contribution in [3.63, 3.8) is 0 Å². The largest absolute Gasteiger partial charge is 0.481 e. The number of nitrogens with one attached hydrogen (secondary N) is 1. The zero-order valence-electron chi connectivity index (χ0n) is 13.0. The average Bonchev–Trinajstić information content (AvgIpc) is 2.51. The highest BCUT2D eigenvalue weighted by molar-refractivity contribution is 5.25. The summed E-state index contributed by atoms with van der Waals surface area (Å²) in [6.45, 7) is 5.24. The van der Waals surface area contributed by atoms with Gasteiger partial charge in [0.2, 0.25) is 5.88 Å². The molecule has 1 aromatic heterocycles. The van der Waals surface area contributed by atoms with E-state index >= 15 is 0 Å². The fourth-order valence-electron chi connectivity index (χ4n) is 2.33. The van der Waals surface area contributed by atoms with E-state index in [2.05, 4.69) is 53.4 Å². The van der Waals surface area contributed by atoms with Gasteiger partial charge in [0.15, 0.2) is 0 Å². The van der Waals surface area contributed by atoms with Crippen molar-refractivity contribution in [3.05, 3.63) is 53.5 Å². The van der Waals surface area contributed by atoms with Gasteiger partial charge >= 0.3 is 0 Å². The van der Waals surface area contributed by atoms with Crippen LogP contribution < -0.4 is 10.1 Å². The fraction of sp³-hybridized carbons (Fsp3) is 0.412. The van der Waals surface area contributed by atoms with Gasteiger partial charge in [-0.15, -0.1) is 0 Å². The van der Waals surface area contributed by atoms with E-state index in [1.165, 1.54) is 11.1 Å². The maximum atomic E-state index is 5.20.